The summed E-state index contributed by atoms with van der Waals surface area (Å²) in [5, 5.41) is 19.8. The van der Waals surface area contributed by atoms with Crippen LogP contribution in [0.2, 0.25) is 0 Å². The lowest BCUT2D eigenvalue weighted by atomic mass is 10.1. The Balaban J connectivity index is 1.58. The molecule has 16 nitrogen and oxygen atoms in total. The topological polar surface area (TPSA) is 230 Å². The molecule has 0 radical (unpaired) electrons. The van der Waals surface area contributed by atoms with E-state index < -0.39 is 27.9 Å². The van der Waals surface area contributed by atoms with Crippen LogP contribution in [0.15, 0.2) is 41.6 Å². The summed E-state index contributed by atoms with van der Waals surface area (Å²) in [4.78, 5) is 53.0. The normalized spacial score (nSPS) is 11.2. The number of carboxylic acids is 2. The molecule has 0 saturated carbocycles. The molecule has 1 aromatic heterocycles. The summed E-state index contributed by atoms with van der Waals surface area (Å²) in [5.41, 5.74) is 0.925. The number of rotatable bonds is 27. The maximum atomic E-state index is 12.8. The lowest BCUT2D eigenvalue weighted by Crippen LogP contribution is -2.28. The summed E-state index contributed by atoms with van der Waals surface area (Å²) < 4.78 is 48.7. The molecule has 0 spiro atoms. The Kier molecular flexibility index (Phi) is 18.7. The molecule has 0 aliphatic heterocycles. The van der Waals surface area contributed by atoms with Crippen LogP contribution in [0, 0.1) is 0 Å². The zero-order valence-electron chi connectivity index (χ0n) is 26.1. The molecule has 2 rings (SSSR count). The average molecular weight is 683 g/mol. The van der Waals surface area contributed by atoms with Crippen molar-refractivity contribution in [2.45, 2.75) is 49.8 Å². The number of aliphatic carboxylic acids is 2. The van der Waals surface area contributed by atoms with Gasteiger partial charge in [0.25, 0.3) is 15.9 Å². The SMILES string of the molecule is O=C(O)CCCCCc1cccc(S(=O)(=O)Nc2ncc(C(=O)NCCOCCOCC(=O)CCCOCCOCC(=O)O)cn2)c1. The fourth-order valence-corrected chi connectivity index (χ4v) is 4.92. The molecule has 260 valence electrons. The molecule has 0 aliphatic rings. The Hall–Kier alpha value is -4.03. The number of carbonyl (C=O) groups is 4. The van der Waals surface area contributed by atoms with E-state index in [4.69, 9.17) is 29.2 Å². The van der Waals surface area contributed by atoms with Gasteiger partial charge in [-0.05, 0) is 43.4 Å². The summed E-state index contributed by atoms with van der Waals surface area (Å²) in [7, 11) is -3.98. The maximum absolute atomic E-state index is 12.8. The average Bonchev–Trinajstić information content (AvgIpc) is 3.03. The van der Waals surface area contributed by atoms with Gasteiger partial charge in [-0.25, -0.2) is 27.9 Å². The molecule has 0 bridgehead atoms. The van der Waals surface area contributed by atoms with Crippen LogP contribution in [0.25, 0.3) is 0 Å². The molecule has 2 aromatic rings. The van der Waals surface area contributed by atoms with Gasteiger partial charge in [-0.1, -0.05) is 18.6 Å². The number of ether oxygens (including phenoxy) is 4. The second-order valence-electron chi connectivity index (χ2n) is 10.1. The van der Waals surface area contributed by atoms with E-state index in [9.17, 15) is 27.6 Å². The van der Waals surface area contributed by atoms with Gasteiger partial charge in [-0.3, -0.25) is 14.4 Å². The van der Waals surface area contributed by atoms with Gasteiger partial charge in [0.05, 0.1) is 43.5 Å². The van der Waals surface area contributed by atoms with E-state index in [2.05, 4.69) is 20.0 Å². The first kappa shape index (κ1) is 39.1. The Morgan fingerprint density at radius 3 is 2.13 bits per heavy atom. The van der Waals surface area contributed by atoms with Crippen LogP contribution in [-0.4, -0.2) is 112 Å². The molecule has 0 unspecified atom stereocenters. The number of ketones is 1. The Bertz CT molecular complexity index is 1370. The number of aryl methyl sites for hydroxylation is 1. The highest BCUT2D eigenvalue weighted by atomic mass is 32.2. The van der Waals surface area contributed by atoms with Crippen molar-refractivity contribution in [3.63, 3.8) is 0 Å². The number of carboxylic acid groups (broad SMARTS) is 2. The highest BCUT2D eigenvalue weighted by molar-refractivity contribution is 7.92. The highest BCUT2D eigenvalue weighted by Crippen LogP contribution is 2.17. The number of anilines is 1. The van der Waals surface area contributed by atoms with Crippen molar-refractivity contribution in [1.29, 1.82) is 0 Å². The summed E-state index contributed by atoms with van der Waals surface area (Å²) >= 11 is 0. The number of hydrogen-bond acceptors (Lipinski definition) is 12. The fourth-order valence-electron chi connectivity index (χ4n) is 3.90. The number of benzene rings is 1. The van der Waals surface area contributed by atoms with E-state index in [-0.39, 0.29) is 87.8 Å². The maximum Gasteiger partial charge on any atom is 0.329 e. The number of nitrogens with zero attached hydrogens (tertiary/aromatic N) is 2. The number of amides is 1. The number of carbonyl (C=O) groups excluding carboxylic acids is 2. The first-order valence-electron chi connectivity index (χ1n) is 15.0. The van der Waals surface area contributed by atoms with E-state index in [1.807, 2.05) is 0 Å². The molecule has 47 heavy (non-hydrogen) atoms. The molecule has 0 atom stereocenters. The zero-order valence-corrected chi connectivity index (χ0v) is 26.9. The quantitative estimate of drug-likeness (QED) is 0.0983. The third-order valence-electron chi connectivity index (χ3n) is 6.21. The molecular formula is C30H42N4O12S. The first-order chi connectivity index (χ1) is 22.6. The summed E-state index contributed by atoms with van der Waals surface area (Å²) in [6.07, 6.45) is 5.92. The summed E-state index contributed by atoms with van der Waals surface area (Å²) in [6, 6.07) is 6.42. The molecule has 4 N–H and O–H groups in total. The van der Waals surface area contributed by atoms with Gasteiger partial charge in [-0.15, -0.1) is 0 Å². The largest absolute Gasteiger partial charge is 0.481 e. The molecule has 1 amide bonds. The van der Waals surface area contributed by atoms with Crippen molar-refractivity contribution in [3.8, 4) is 0 Å². The number of nitrogens with one attached hydrogen (secondary N) is 2. The second kappa shape index (κ2) is 22.5. The first-order valence-corrected chi connectivity index (χ1v) is 16.5. The van der Waals surface area contributed by atoms with Crippen LogP contribution < -0.4 is 10.0 Å². The molecule has 0 fully saturated rings. The lowest BCUT2D eigenvalue weighted by Gasteiger charge is -2.09. The van der Waals surface area contributed by atoms with Gasteiger partial charge in [0.2, 0.25) is 5.95 Å². The minimum atomic E-state index is -3.98. The Morgan fingerprint density at radius 1 is 0.745 bits per heavy atom. The lowest BCUT2D eigenvalue weighted by molar-refractivity contribution is -0.142. The smallest absolute Gasteiger partial charge is 0.329 e. The monoisotopic (exact) mass is 682 g/mol. The van der Waals surface area contributed by atoms with E-state index >= 15 is 0 Å². The summed E-state index contributed by atoms with van der Waals surface area (Å²) in [6.45, 7) is 1.12. The standard InChI is InChI=1S/C30H42N4O12S/c35-25(8-5-12-43-14-17-46-22-28(38)39)21-45-16-15-44-13-11-31-29(40)24-19-32-30(33-20-24)34-47(41,42)26-9-4-7-23(18-26)6-2-1-3-10-27(36)37/h4,7,9,18-20H,1-3,5-6,8,10-17,21-22H2,(H,31,40)(H,36,37)(H,38,39)(H,32,33,34). The van der Waals surface area contributed by atoms with Crippen LogP contribution >= 0.6 is 0 Å². The number of unbranched alkanes of at least 4 members (excludes halogenated alkanes) is 2. The zero-order chi connectivity index (χ0) is 34.3. The molecule has 0 aliphatic carbocycles. The van der Waals surface area contributed by atoms with Crippen molar-refractivity contribution >= 4 is 39.6 Å². The third kappa shape index (κ3) is 18.0. The molecule has 1 heterocycles. The highest BCUT2D eigenvalue weighted by Gasteiger charge is 2.17. The Morgan fingerprint density at radius 2 is 1.43 bits per heavy atom. The number of sulfonamides is 1. The van der Waals surface area contributed by atoms with Gasteiger partial charge in [-0.2, -0.15) is 0 Å². The van der Waals surface area contributed by atoms with Crippen LogP contribution in [0.4, 0.5) is 5.95 Å². The van der Waals surface area contributed by atoms with E-state index in [1.54, 1.807) is 18.2 Å². The predicted molar refractivity (Wildman–Crippen MR) is 167 cm³/mol. The molecule has 1 aromatic carbocycles. The number of aromatic nitrogens is 2. The van der Waals surface area contributed by atoms with Gasteiger partial charge >= 0.3 is 11.9 Å². The van der Waals surface area contributed by atoms with Crippen molar-refractivity contribution in [3.05, 3.63) is 47.8 Å². The van der Waals surface area contributed by atoms with Gasteiger partial charge in [0.1, 0.15) is 13.2 Å². The van der Waals surface area contributed by atoms with Crippen LogP contribution in [-0.2, 0) is 49.8 Å². The number of Topliss-reactive ketones (excluding diaryl/α,β-unsaturated/α-hetero) is 1. The Labute approximate surface area is 273 Å². The van der Waals surface area contributed by atoms with Crippen molar-refractivity contribution in [2.24, 2.45) is 0 Å². The van der Waals surface area contributed by atoms with Crippen LogP contribution in [0.1, 0.15) is 54.4 Å². The number of hydrogen-bond donors (Lipinski definition) is 4. The van der Waals surface area contributed by atoms with E-state index in [1.165, 1.54) is 18.5 Å². The van der Waals surface area contributed by atoms with Crippen molar-refractivity contribution in [2.75, 3.05) is 64.1 Å². The molecular weight excluding hydrogens is 640 g/mol. The summed E-state index contributed by atoms with van der Waals surface area (Å²) in [5.74, 6) is -2.64. The predicted octanol–water partition coefficient (Wildman–Crippen LogP) is 1.70. The van der Waals surface area contributed by atoms with E-state index in [0.717, 1.165) is 18.4 Å². The third-order valence-corrected chi connectivity index (χ3v) is 7.54. The molecule has 0 saturated heterocycles. The fraction of sp³-hybridized carbons (Fsp3) is 0.533. The van der Waals surface area contributed by atoms with Crippen LogP contribution in [0.3, 0.4) is 0 Å². The minimum absolute atomic E-state index is 0.0315. The van der Waals surface area contributed by atoms with Crippen molar-refractivity contribution < 1.29 is 56.8 Å². The minimum Gasteiger partial charge on any atom is -0.481 e. The van der Waals surface area contributed by atoms with Crippen molar-refractivity contribution in [1.82, 2.24) is 15.3 Å². The van der Waals surface area contributed by atoms with Gasteiger partial charge in [0.15, 0.2) is 5.78 Å². The molecule has 17 heteroatoms. The second-order valence-corrected chi connectivity index (χ2v) is 11.8. The van der Waals surface area contributed by atoms with Crippen LogP contribution in [0.5, 0.6) is 0 Å². The van der Waals surface area contributed by atoms with Gasteiger partial charge in [0, 0.05) is 38.4 Å². The van der Waals surface area contributed by atoms with E-state index in [0.29, 0.717) is 25.9 Å². The van der Waals surface area contributed by atoms with Gasteiger partial charge < -0.3 is 34.5 Å².